The number of hydrogen-bond acceptors (Lipinski definition) is 2. The summed E-state index contributed by atoms with van der Waals surface area (Å²) >= 11 is 0. The maximum absolute atomic E-state index is 9.75. The second kappa shape index (κ2) is 5.35. The van der Waals surface area contributed by atoms with E-state index in [0.717, 1.165) is 12.7 Å². The number of nitrogens with one attached hydrogen (secondary N) is 1. The number of rotatable bonds is 4. The van der Waals surface area contributed by atoms with Gasteiger partial charge in [-0.05, 0) is 25.6 Å². The van der Waals surface area contributed by atoms with Gasteiger partial charge in [-0.2, -0.15) is 0 Å². The molecule has 1 unspecified atom stereocenters. The van der Waals surface area contributed by atoms with E-state index in [0.29, 0.717) is 6.04 Å². The van der Waals surface area contributed by atoms with Crippen LogP contribution in [0.4, 0.5) is 0 Å². The molecule has 0 aromatic carbocycles. The molecular formula is C7H13NO. The lowest BCUT2D eigenvalue weighted by Crippen LogP contribution is -2.18. The van der Waals surface area contributed by atoms with Gasteiger partial charge < -0.3 is 5.32 Å². The Morgan fingerprint density at radius 2 is 2.33 bits per heavy atom. The van der Waals surface area contributed by atoms with Crippen LogP contribution in [0.2, 0.25) is 0 Å². The lowest BCUT2D eigenvalue weighted by Gasteiger charge is -2.05. The van der Waals surface area contributed by atoms with Crippen LogP contribution < -0.4 is 5.32 Å². The molecule has 0 bridgehead atoms. The molecular weight excluding hydrogens is 114 g/mol. The lowest BCUT2D eigenvalue weighted by molar-refractivity contribution is -0.104. The predicted molar refractivity (Wildman–Crippen MR) is 38.1 cm³/mol. The highest BCUT2D eigenvalue weighted by Crippen LogP contribution is 1.85. The highest BCUT2D eigenvalue weighted by molar-refractivity contribution is 5.64. The second-order valence-electron chi connectivity index (χ2n) is 1.97. The fourth-order valence-corrected chi connectivity index (χ4v) is 0.377. The Kier molecular flexibility index (Phi) is 4.88. The monoisotopic (exact) mass is 127 g/mol. The smallest absolute Gasteiger partial charge is 0.144 e. The third-order valence-corrected chi connectivity index (χ3v) is 1.17. The summed E-state index contributed by atoms with van der Waals surface area (Å²) in [5.74, 6) is 0. The predicted octanol–water partition coefficient (Wildman–Crippen LogP) is 1.09. The first-order chi connectivity index (χ1) is 4.31. The van der Waals surface area contributed by atoms with Gasteiger partial charge >= 0.3 is 0 Å². The molecule has 0 spiro atoms. The van der Waals surface area contributed by atoms with Gasteiger partial charge in [0.25, 0.3) is 0 Å². The van der Waals surface area contributed by atoms with Crippen LogP contribution in [0.1, 0.15) is 20.3 Å². The summed E-state index contributed by atoms with van der Waals surface area (Å²) in [6.07, 6.45) is 4.95. The van der Waals surface area contributed by atoms with E-state index in [1.807, 2.05) is 0 Å². The van der Waals surface area contributed by atoms with Crippen LogP contribution in [0.15, 0.2) is 12.3 Å². The summed E-state index contributed by atoms with van der Waals surface area (Å²) in [5, 5.41) is 3.02. The van der Waals surface area contributed by atoms with E-state index >= 15 is 0 Å². The van der Waals surface area contributed by atoms with Crippen molar-refractivity contribution >= 4 is 6.29 Å². The fourth-order valence-electron chi connectivity index (χ4n) is 0.377. The highest BCUT2D eigenvalue weighted by Gasteiger charge is 1.89. The average molecular weight is 127 g/mol. The Morgan fingerprint density at radius 1 is 1.67 bits per heavy atom. The quantitative estimate of drug-likeness (QED) is 0.452. The standard InChI is InChI=1S/C7H13NO/c1-3-7(2)8-5-4-6-9/h4-8H,3H2,1-2H3. The summed E-state index contributed by atoms with van der Waals surface area (Å²) in [5.41, 5.74) is 0. The van der Waals surface area contributed by atoms with Crippen LogP contribution >= 0.6 is 0 Å². The third-order valence-electron chi connectivity index (χ3n) is 1.17. The van der Waals surface area contributed by atoms with Crippen molar-refractivity contribution in [3.05, 3.63) is 12.3 Å². The lowest BCUT2D eigenvalue weighted by atomic mass is 10.3. The molecule has 0 fully saturated rings. The molecule has 1 atom stereocenters. The van der Waals surface area contributed by atoms with Gasteiger partial charge in [0.05, 0.1) is 0 Å². The highest BCUT2D eigenvalue weighted by atomic mass is 16.1. The second-order valence-corrected chi connectivity index (χ2v) is 1.97. The number of allylic oxidation sites excluding steroid dienone is 1. The van der Waals surface area contributed by atoms with Crippen molar-refractivity contribution in [2.45, 2.75) is 26.3 Å². The molecule has 2 heteroatoms. The Balaban J connectivity index is 3.25. The zero-order valence-corrected chi connectivity index (χ0v) is 5.92. The molecule has 0 saturated heterocycles. The van der Waals surface area contributed by atoms with Crippen molar-refractivity contribution in [1.29, 1.82) is 0 Å². The topological polar surface area (TPSA) is 29.1 Å². The van der Waals surface area contributed by atoms with Gasteiger partial charge in [0.15, 0.2) is 0 Å². The first-order valence-corrected chi connectivity index (χ1v) is 3.17. The normalized spacial score (nSPS) is 13.6. The molecule has 2 nitrogen and oxygen atoms in total. The Labute approximate surface area is 56.0 Å². The number of carbonyl (C=O) groups excluding carboxylic acids is 1. The van der Waals surface area contributed by atoms with Crippen molar-refractivity contribution < 1.29 is 4.79 Å². The Bertz CT molecular complexity index is 99.1. The molecule has 0 rings (SSSR count). The zero-order valence-electron chi connectivity index (χ0n) is 5.92. The van der Waals surface area contributed by atoms with Gasteiger partial charge in [0.2, 0.25) is 0 Å². The SMILES string of the molecule is CCC(C)NC=CC=O. The molecule has 0 aliphatic carbocycles. The fraction of sp³-hybridized carbons (Fsp3) is 0.571. The maximum atomic E-state index is 9.75. The van der Waals surface area contributed by atoms with Gasteiger partial charge in [0.1, 0.15) is 6.29 Å². The summed E-state index contributed by atoms with van der Waals surface area (Å²) in [4.78, 5) is 9.75. The van der Waals surface area contributed by atoms with E-state index in [4.69, 9.17) is 0 Å². The van der Waals surface area contributed by atoms with Crippen LogP contribution in [0.25, 0.3) is 0 Å². The largest absolute Gasteiger partial charge is 0.388 e. The minimum Gasteiger partial charge on any atom is -0.388 e. The van der Waals surface area contributed by atoms with Gasteiger partial charge in [-0.1, -0.05) is 6.92 Å². The minimum atomic E-state index is 0.459. The molecule has 0 radical (unpaired) electrons. The number of hydrogen-bond donors (Lipinski definition) is 1. The van der Waals surface area contributed by atoms with Gasteiger partial charge in [-0.25, -0.2) is 0 Å². The molecule has 1 N–H and O–H groups in total. The maximum Gasteiger partial charge on any atom is 0.144 e. The van der Waals surface area contributed by atoms with E-state index in [1.165, 1.54) is 6.08 Å². The van der Waals surface area contributed by atoms with Crippen molar-refractivity contribution in [3.8, 4) is 0 Å². The van der Waals surface area contributed by atoms with Crippen LogP contribution in [0.5, 0.6) is 0 Å². The van der Waals surface area contributed by atoms with E-state index in [-0.39, 0.29) is 0 Å². The Morgan fingerprint density at radius 3 is 2.78 bits per heavy atom. The van der Waals surface area contributed by atoms with Gasteiger partial charge in [-0.3, -0.25) is 4.79 Å². The van der Waals surface area contributed by atoms with Crippen LogP contribution in [-0.4, -0.2) is 12.3 Å². The molecule has 0 aliphatic rings. The van der Waals surface area contributed by atoms with Crippen LogP contribution in [-0.2, 0) is 4.79 Å². The summed E-state index contributed by atoms with van der Waals surface area (Å²) in [6, 6.07) is 0.459. The molecule has 0 saturated carbocycles. The average Bonchev–Trinajstić information content (AvgIpc) is 1.89. The summed E-state index contributed by atoms with van der Waals surface area (Å²) in [7, 11) is 0. The van der Waals surface area contributed by atoms with Crippen molar-refractivity contribution in [2.24, 2.45) is 0 Å². The van der Waals surface area contributed by atoms with E-state index in [9.17, 15) is 4.79 Å². The summed E-state index contributed by atoms with van der Waals surface area (Å²) < 4.78 is 0. The third kappa shape index (κ3) is 5.07. The number of aldehydes is 1. The molecule has 0 aliphatic heterocycles. The first kappa shape index (κ1) is 8.21. The van der Waals surface area contributed by atoms with Gasteiger partial charge in [0, 0.05) is 6.04 Å². The van der Waals surface area contributed by atoms with Crippen molar-refractivity contribution in [3.63, 3.8) is 0 Å². The molecule has 9 heavy (non-hydrogen) atoms. The molecule has 0 amide bonds. The van der Waals surface area contributed by atoms with Crippen molar-refractivity contribution in [1.82, 2.24) is 5.32 Å². The van der Waals surface area contributed by atoms with Crippen LogP contribution in [0.3, 0.4) is 0 Å². The summed E-state index contributed by atoms with van der Waals surface area (Å²) in [6.45, 7) is 4.15. The Hall–Kier alpha value is -0.790. The molecule has 0 heterocycles. The first-order valence-electron chi connectivity index (χ1n) is 3.17. The molecule has 52 valence electrons. The minimum absolute atomic E-state index is 0.459. The van der Waals surface area contributed by atoms with E-state index < -0.39 is 0 Å². The zero-order chi connectivity index (χ0) is 7.11. The van der Waals surface area contributed by atoms with Crippen molar-refractivity contribution in [2.75, 3.05) is 0 Å². The molecule has 0 aromatic rings. The van der Waals surface area contributed by atoms with E-state index in [2.05, 4.69) is 19.2 Å². The number of carbonyl (C=O) groups is 1. The molecule has 0 aromatic heterocycles. The van der Waals surface area contributed by atoms with Gasteiger partial charge in [-0.15, -0.1) is 0 Å². The van der Waals surface area contributed by atoms with Crippen LogP contribution in [0, 0.1) is 0 Å². The van der Waals surface area contributed by atoms with E-state index in [1.54, 1.807) is 6.20 Å².